The molecular formula is C27H42N2O7. The number of carbonyl (C=O) groups excluding carboxylic acids is 2. The van der Waals surface area contributed by atoms with Crippen molar-refractivity contribution in [3.8, 4) is 0 Å². The van der Waals surface area contributed by atoms with Gasteiger partial charge in [-0.25, -0.2) is 9.59 Å². The van der Waals surface area contributed by atoms with Crippen molar-refractivity contribution in [1.82, 2.24) is 9.80 Å². The van der Waals surface area contributed by atoms with Crippen molar-refractivity contribution >= 4 is 12.2 Å². The Bertz CT molecular complexity index is 868. The number of likely N-dealkylation sites (tertiary alicyclic amines) is 1. The molecule has 1 unspecified atom stereocenters. The highest BCUT2D eigenvalue weighted by atomic mass is 16.6. The fraction of sp³-hybridized carbons (Fsp3) is 0.778. The molecule has 4 rings (SSSR count). The molecule has 9 heteroatoms. The highest BCUT2D eigenvalue weighted by molar-refractivity contribution is 5.70. The average molecular weight is 507 g/mol. The zero-order chi connectivity index (χ0) is 26.1. The monoisotopic (exact) mass is 506 g/mol. The van der Waals surface area contributed by atoms with Crippen LogP contribution in [0.4, 0.5) is 9.59 Å². The summed E-state index contributed by atoms with van der Waals surface area (Å²) in [7, 11) is 1.68. The molecule has 3 saturated heterocycles. The zero-order valence-corrected chi connectivity index (χ0v) is 22.4. The van der Waals surface area contributed by atoms with Crippen molar-refractivity contribution in [2.45, 2.75) is 88.9 Å². The van der Waals surface area contributed by atoms with Crippen molar-refractivity contribution in [2.24, 2.45) is 5.92 Å². The van der Waals surface area contributed by atoms with Gasteiger partial charge in [0.05, 0.1) is 24.7 Å². The van der Waals surface area contributed by atoms with Crippen molar-refractivity contribution < 1.29 is 33.3 Å². The van der Waals surface area contributed by atoms with Gasteiger partial charge in [0.25, 0.3) is 0 Å². The summed E-state index contributed by atoms with van der Waals surface area (Å²) >= 11 is 0. The van der Waals surface area contributed by atoms with Crippen LogP contribution in [-0.4, -0.2) is 97.5 Å². The second kappa shape index (κ2) is 10.7. The molecule has 202 valence electrons. The lowest BCUT2D eigenvalue weighted by Crippen LogP contribution is -2.59. The van der Waals surface area contributed by atoms with E-state index < -0.39 is 6.09 Å². The number of hydrogen-bond donors (Lipinski definition) is 0. The minimum absolute atomic E-state index is 0.0143. The first-order valence-electron chi connectivity index (χ1n) is 13.2. The van der Waals surface area contributed by atoms with Gasteiger partial charge in [0.15, 0.2) is 0 Å². The molecule has 1 aliphatic carbocycles. The summed E-state index contributed by atoms with van der Waals surface area (Å²) in [4.78, 5) is 28.8. The van der Waals surface area contributed by atoms with Crippen LogP contribution in [0, 0.1) is 5.92 Å². The fourth-order valence-electron chi connectivity index (χ4n) is 5.95. The number of allylic oxidation sites excluding steroid dienone is 1. The fourth-order valence-corrected chi connectivity index (χ4v) is 5.95. The Hall–Kier alpha value is -2.10. The minimum atomic E-state index is -0.401. The second-order valence-corrected chi connectivity index (χ2v) is 10.8. The molecule has 0 bridgehead atoms. The Morgan fingerprint density at radius 2 is 2.03 bits per heavy atom. The van der Waals surface area contributed by atoms with E-state index in [1.165, 1.54) is 11.6 Å². The summed E-state index contributed by atoms with van der Waals surface area (Å²) in [5, 5.41) is 0. The molecule has 1 spiro atoms. The summed E-state index contributed by atoms with van der Waals surface area (Å²) in [5.41, 5.74) is 0.634. The van der Waals surface area contributed by atoms with Crippen molar-refractivity contribution in [1.29, 1.82) is 0 Å². The van der Waals surface area contributed by atoms with Crippen LogP contribution in [0.15, 0.2) is 24.3 Å². The molecule has 4 fully saturated rings. The molecule has 0 radical (unpaired) electrons. The van der Waals surface area contributed by atoms with Gasteiger partial charge < -0.3 is 33.5 Å². The first kappa shape index (κ1) is 26.9. The highest BCUT2D eigenvalue weighted by Crippen LogP contribution is 2.59. The van der Waals surface area contributed by atoms with Crippen LogP contribution in [0.1, 0.15) is 53.4 Å². The van der Waals surface area contributed by atoms with Gasteiger partial charge in [-0.2, -0.15) is 0 Å². The van der Waals surface area contributed by atoms with Gasteiger partial charge in [-0.05, 0) is 53.4 Å². The van der Waals surface area contributed by atoms with E-state index in [-0.39, 0.29) is 54.2 Å². The number of nitrogens with zero attached hydrogens (tertiary/aromatic N) is 2. The number of epoxide rings is 2. The van der Waals surface area contributed by atoms with Crippen LogP contribution < -0.4 is 0 Å². The van der Waals surface area contributed by atoms with E-state index >= 15 is 0 Å². The third-order valence-corrected chi connectivity index (χ3v) is 8.26. The van der Waals surface area contributed by atoms with Gasteiger partial charge in [-0.15, -0.1) is 0 Å². The zero-order valence-electron chi connectivity index (χ0n) is 22.4. The van der Waals surface area contributed by atoms with Gasteiger partial charge in [0.1, 0.15) is 30.0 Å². The summed E-state index contributed by atoms with van der Waals surface area (Å²) < 4.78 is 29.5. The number of methoxy groups -OCH3 is 1. The number of hydrogen-bond acceptors (Lipinski definition) is 7. The summed E-state index contributed by atoms with van der Waals surface area (Å²) in [6.45, 7) is 14.2. The van der Waals surface area contributed by atoms with Gasteiger partial charge >= 0.3 is 12.2 Å². The molecule has 3 aliphatic heterocycles. The van der Waals surface area contributed by atoms with Gasteiger partial charge in [-0.1, -0.05) is 24.3 Å². The van der Waals surface area contributed by atoms with E-state index in [0.717, 1.165) is 19.3 Å². The number of carbonyl (C=O) groups is 2. The van der Waals surface area contributed by atoms with Crippen molar-refractivity contribution in [3.63, 3.8) is 0 Å². The maximum Gasteiger partial charge on any atom is 0.410 e. The molecular weight excluding hydrogens is 464 g/mol. The highest BCUT2D eigenvalue weighted by Gasteiger charge is 2.72. The molecule has 3 heterocycles. The Balaban J connectivity index is 1.38. The van der Waals surface area contributed by atoms with E-state index in [4.69, 9.17) is 23.7 Å². The number of amides is 2. The van der Waals surface area contributed by atoms with Gasteiger partial charge in [0, 0.05) is 26.7 Å². The predicted molar refractivity (Wildman–Crippen MR) is 134 cm³/mol. The molecule has 0 aromatic carbocycles. The van der Waals surface area contributed by atoms with Crippen molar-refractivity contribution in [3.05, 3.63) is 24.3 Å². The summed E-state index contributed by atoms with van der Waals surface area (Å²) in [5.74, 6) is -0.0143. The Morgan fingerprint density at radius 3 is 2.58 bits per heavy atom. The van der Waals surface area contributed by atoms with E-state index in [9.17, 15) is 9.59 Å². The predicted octanol–water partition coefficient (Wildman–Crippen LogP) is 3.92. The maximum absolute atomic E-state index is 13.2. The molecule has 0 aromatic rings. The topological polar surface area (TPSA) is 93.4 Å². The molecule has 36 heavy (non-hydrogen) atoms. The van der Waals surface area contributed by atoms with Crippen LogP contribution in [0.3, 0.4) is 0 Å². The van der Waals surface area contributed by atoms with Crippen molar-refractivity contribution in [2.75, 3.05) is 40.0 Å². The molecule has 4 aliphatic rings. The van der Waals surface area contributed by atoms with E-state index in [2.05, 4.69) is 33.4 Å². The normalized spacial score (nSPS) is 36.5. The number of likely N-dealkylation sites (N-methyl/N-ethyl adjacent to an activating group) is 1. The lowest BCUT2D eigenvalue weighted by atomic mass is 9.68. The molecule has 2 amide bonds. The standard InChI is InChI=1S/C27H42N2O7/c1-7-15-33-24(30)28(8-2)16-19-12-14-29(19)25(31)35-20-11-13-27(17-34-27)23(22(20)32-6)26(5)21(36-26)10-9-18(3)4/h7,9,19-23H,1,8,10-17H2,2-6H3/t19-,20-,21-,22-,23?,26+,27+/m1/s1. The first-order valence-corrected chi connectivity index (χ1v) is 13.2. The van der Waals surface area contributed by atoms with E-state index in [1.54, 1.807) is 16.9 Å². The molecule has 1 saturated carbocycles. The van der Waals surface area contributed by atoms with E-state index in [1.807, 2.05) is 6.92 Å². The van der Waals surface area contributed by atoms with Gasteiger partial charge in [0.2, 0.25) is 0 Å². The van der Waals surface area contributed by atoms with Crippen LogP contribution in [-0.2, 0) is 23.7 Å². The smallest absolute Gasteiger partial charge is 0.410 e. The second-order valence-electron chi connectivity index (χ2n) is 10.8. The first-order chi connectivity index (χ1) is 17.2. The largest absolute Gasteiger partial charge is 0.445 e. The molecule has 0 aromatic heterocycles. The van der Waals surface area contributed by atoms with Crippen LogP contribution in [0.5, 0.6) is 0 Å². The van der Waals surface area contributed by atoms with E-state index in [0.29, 0.717) is 32.7 Å². The Kier molecular flexibility index (Phi) is 8.02. The molecule has 9 nitrogen and oxygen atoms in total. The van der Waals surface area contributed by atoms with Crippen LogP contribution >= 0.6 is 0 Å². The minimum Gasteiger partial charge on any atom is -0.445 e. The number of rotatable bonds is 10. The maximum atomic E-state index is 13.2. The lowest BCUT2D eigenvalue weighted by molar-refractivity contribution is -0.125. The van der Waals surface area contributed by atoms with Gasteiger partial charge in [-0.3, -0.25) is 0 Å². The lowest BCUT2D eigenvalue weighted by Gasteiger charge is -2.45. The average Bonchev–Trinajstić information content (AvgIpc) is 3.74. The third-order valence-electron chi connectivity index (χ3n) is 8.26. The Morgan fingerprint density at radius 1 is 1.28 bits per heavy atom. The van der Waals surface area contributed by atoms with Crippen LogP contribution in [0.2, 0.25) is 0 Å². The Labute approximate surface area is 214 Å². The number of ether oxygens (including phenoxy) is 5. The molecule has 0 N–H and O–H groups in total. The third kappa shape index (κ3) is 5.29. The quantitative estimate of drug-likeness (QED) is 0.327. The SMILES string of the molecule is C=CCOC(=O)N(CC)C[C@H]1CCN1C(=O)O[C@@H]1CC[C@]2(CO2)C([C@@]2(C)O[C@@H]2CC=C(C)C)[C@@H]1OC. The molecule has 7 atom stereocenters. The summed E-state index contributed by atoms with van der Waals surface area (Å²) in [6.07, 6.45) is 5.55. The summed E-state index contributed by atoms with van der Waals surface area (Å²) in [6, 6.07) is -0.0926. The van der Waals surface area contributed by atoms with Crippen LogP contribution in [0.25, 0.3) is 0 Å².